The van der Waals surface area contributed by atoms with Crippen LogP contribution in [0.4, 0.5) is 21.9 Å². The number of aromatic hydroxyl groups is 1. The Morgan fingerprint density at radius 1 is 1.00 bits per heavy atom. The number of hydrogen-bond acceptors (Lipinski definition) is 3. The van der Waals surface area contributed by atoms with Gasteiger partial charge in [0.2, 0.25) is 0 Å². The first-order valence-corrected chi connectivity index (χ1v) is 5.36. The summed E-state index contributed by atoms with van der Waals surface area (Å²) in [6.07, 6.45) is 0. The van der Waals surface area contributed by atoms with Crippen LogP contribution in [0.15, 0.2) is 48.5 Å². The molecule has 0 unspecified atom stereocenters. The molecule has 0 fully saturated rings. The van der Waals surface area contributed by atoms with Gasteiger partial charge >= 0.3 is 6.03 Å². The molecule has 2 aromatic rings. The van der Waals surface area contributed by atoms with Gasteiger partial charge in [0.1, 0.15) is 5.75 Å². The summed E-state index contributed by atoms with van der Waals surface area (Å²) in [4.78, 5) is 11.7. The van der Waals surface area contributed by atoms with Crippen LogP contribution in [0, 0.1) is 0 Å². The summed E-state index contributed by atoms with van der Waals surface area (Å²) in [6.45, 7) is 0. The minimum atomic E-state index is -0.397. The third kappa shape index (κ3) is 3.15. The van der Waals surface area contributed by atoms with E-state index in [1.54, 1.807) is 36.4 Å². The molecule has 0 aliphatic rings. The number of phenolic OH excluding ortho intramolecular Hbond substituents is 1. The number of benzene rings is 2. The highest BCUT2D eigenvalue weighted by atomic mass is 16.3. The van der Waals surface area contributed by atoms with Crippen LogP contribution >= 0.6 is 0 Å². The SMILES string of the molecule is Nc1cccc(NC(=O)Nc2cccc(O)c2)c1. The molecule has 2 aromatic carbocycles. The average Bonchev–Trinajstić information content (AvgIpc) is 2.28. The largest absolute Gasteiger partial charge is 0.508 e. The van der Waals surface area contributed by atoms with E-state index < -0.39 is 6.03 Å². The van der Waals surface area contributed by atoms with Gasteiger partial charge in [-0.05, 0) is 30.3 Å². The van der Waals surface area contributed by atoms with E-state index in [0.717, 1.165) is 0 Å². The second kappa shape index (κ2) is 5.09. The van der Waals surface area contributed by atoms with Crippen molar-refractivity contribution >= 4 is 23.1 Å². The minimum Gasteiger partial charge on any atom is -0.508 e. The van der Waals surface area contributed by atoms with E-state index in [1.165, 1.54) is 12.1 Å². The molecule has 0 aromatic heterocycles. The normalized spacial score (nSPS) is 9.78. The van der Waals surface area contributed by atoms with E-state index in [0.29, 0.717) is 17.1 Å². The van der Waals surface area contributed by atoms with E-state index >= 15 is 0 Å². The molecule has 0 aliphatic heterocycles. The first-order chi connectivity index (χ1) is 8.63. The zero-order chi connectivity index (χ0) is 13.0. The van der Waals surface area contributed by atoms with Gasteiger partial charge in [-0.15, -0.1) is 0 Å². The molecule has 5 N–H and O–H groups in total. The number of anilines is 3. The predicted octanol–water partition coefficient (Wildman–Crippen LogP) is 2.62. The summed E-state index contributed by atoms with van der Waals surface area (Å²) in [6, 6.07) is 12.8. The van der Waals surface area contributed by atoms with Crippen molar-refractivity contribution in [3.05, 3.63) is 48.5 Å². The number of carbonyl (C=O) groups excluding carboxylic acids is 1. The molecule has 0 atom stereocenters. The van der Waals surface area contributed by atoms with Crippen LogP contribution in [0.25, 0.3) is 0 Å². The fourth-order valence-electron chi connectivity index (χ4n) is 1.49. The number of hydrogen-bond donors (Lipinski definition) is 4. The van der Waals surface area contributed by atoms with E-state index in [-0.39, 0.29) is 5.75 Å². The van der Waals surface area contributed by atoms with Crippen molar-refractivity contribution in [1.29, 1.82) is 0 Å². The molecule has 0 heterocycles. The molecule has 0 saturated heterocycles. The van der Waals surface area contributed by atoms with E-state index in [2.05, 4.69) is 10.6 Å². The smallest absolute Gasteiger partial charge is 0.323 e. The van der Waals surface area contributed by atoms with Crippen LogP contribution in [-0.2, 0) is 0 Å². The highest BCUT2D eigenvalue weighted by Crippen LogP contribution is 2.16. The van der Waals surface area contributed by atoms with Crippen molar-refractivity contribution in [1.82, 2.24) is 0 Å². The van der Waals surface area contributed by atoms with Gasteiger partial charge in [-0.2, -0.15) is 0 Å². The number of nitrogens with one attached hydrogen (secondary N) is 2. The highest BCUT2D eigenvalue weighted by molar-refractivity contribution is 6.00. The Morgan fingerprint density at radius 3 is 2.22 bits per heavy atom. The first-order valence-electron chi connectivity index (χ1n) is 5.36. The lowest BCUT2D eigenvalue weighted by atomic mass is 10.3. The Morgan fingerprint density at radius 2 is 1.61 bits per heavy atom. The molecule has 5 nitrogen and oxygen atoms in total. The summed E-state index contributed by atoms with van der Waals surface area (Å²) in [5.74, 6) is 0.0942. The second-order valence-corrected chi connectivity index (χ2v) is 3.75. The van der Waals surface area contributed by atoms with E-state index in [1.807, 2.05) is 0 Å². The third-order valence-corrected chi connectivity index (χ3v) is 2.25. The van der Waals surface area contributed by atoms with Crippen LogP contribution in [-0.4, -0.2) is 11.1 Å². The molecule has 2 rings (SSSR count). The lowest BCUT2D eigenvalue weighted by Gasteiger charge is -2.08. The van der Waals surface area contributed by atoms with Gasteiger partial charge < -0.3 is 21.5 Å². The number of phenols is 1. The lowest BCUT2D eigenvalue weighted by molar-refractivity contribution is 0.262. The third-order valence-electron chi connectivity index (χ3n) is 2.25. The molecule has 0 spiro atoms. The predicted molar refractivity (Wildman–Crippen MR) is 71.6 cm³/mol. The summed E-state index contributed by atoms with van der Waals surface area (Å²) in [5, 5.41) is 14.5. The Labute approximate surface area is 104 Å². The van der Waals surface area contributed by atoms with Gasteiger partial charge in [0.25, 0.3) is 0 Å². The fraction of sp³-hybridized carbons (Fsp3) is 0. The summed E-state index contributed by atoms with van der Waals surface area (Å²) in [5.41, 5.74) is 7.29. The maximum atomic E-state index is 11.7. The molecular formula is C13H13N3O2. The van der Waals surface area contributed by atoms with Gasteiger partial charge in [-0.1, -0.05) is 12.1 Å². The summed E-state index contributed by atoms with van der Waals surface area (Å²) >= 11 is 0. The summed E-state index contributed by atoms with van der Waals surface area (Å²) < 4.78 is 0. The van der Waals surface area contributed by atoms with Crippen LogP contribution in [0.1, 0.15) is 0 Å². The lowest BCUT2D eigenvalue weighted by Crippen LogP contribution is -2.19. The van der Waals surface area contributed by atoms with Crippen LogP contribution in [0.5, 0.6) is 5.75 Å². The quantitative estimate of drug-likeness (QED) is 0.611. The van der Waals surface area contributed by atoms with Crippen LogP contribution in [0.2, 0.25) is 0 Å². The number of nitrogen functional groups attached to an aromatic ring is 1. The Hall–Kier alpha value is -2.69. The Bertz CT molecular complexity index is 520. The van der Waals surface area contributed by atoms with Crippen molar-refractivity contribution in [2.24, 2.45) is 0 Å². The monoisotopic (exact) mass is 243 g/mol. The van der Waals surface area contributed by atoms with Gasteiger partial charge in [0, 0.05) is 23.1 Å². The molecule has 92 valence electrons. The zero-order valence-electron chi connectivity index (χ0n) is 9.55. The molecule has 18 heavy (non-hydrogen) atoms. The van der Waals surface area contributed by atoms with Crippen molar-refractivity contribution in [3.8, 4) is 5.75 Å². The average molecular weight is 243 g/mol. The van der Waals surface area contributed by atoms with Gasteiger partial charge in [-0.25, -0.2) is 4.79 Å². The van der Waals surface area contributed by atoms with Crippen LogP contribution < -0.4 is 16.4 Å². The Balaban J connectivity index is 2.01. The first kappa shape index (κ1) is 11.8. The maximum Gasteiger partial charge on any atom is 0.323 e. The standard InChI is InChI=1S/C13H13N3O2/c14-9-3-1-4-10(7-9)15-13(18)16-11-5-2-6-12(17)8-11/h1-8,17H,14H2,(H2,15,16,18). The molecule has 0 aliphatic carbocycles. The number of nitrogens with two attached hydrogens (primary N) is 1. The van der Waals surface area contributed by atoms with Crippen LogP contribution in [0.3, 0.4) is 0 Å². The second-order valence-electron chi connectivity index (χ2n) is 3.75. The minimum absolute atomic E-state index is 0.0942. The van der Waals surface area contributed by atoms with Gasteiger partial charge in [0.15, 0.2) is 0 Å². The molecule has 0 saturated carbocycles. The van der Waals surface area contributed by atoms with Crippen molar-refractivity contribution in [3.63, 3.8) is 0 Å². The van der Waals surface area contributed by atoms with E-state index in [9.17, 15) is 9.90 Å². The molecule has 0 radical (unpaired) electrons. The molecule has 0 bridgehead atoms. The van der Waals surface area contributed by atoms with Gasteiger partial charge in [0.05, 0.1) is 0 Å². The maximum absolute atomic E-state index is 11.7. The molecular weight excluding hydrogens is 230 g/mol. The topological polar surface area (TPSA) is 87.4 Å². The van der Waals surface area contributed by atoms with Crippen molar-refractivity contribution < 1.29 is 9.90 Å². The number of carbonyl (C=O) groups is 1. The molecule has 5 heteroatoms. The number of rotatable bonds is 2. The number of urea groups is 1. The van der Waals surface area contributed by atoms with Crippen molar-refractivity contribution in [2.75, 3.05) is 16.4 Å². The number of amides is 2. The highest BCUT2D eigenvalue weighted by Gasteiger charge is 2.03. The molecule has 2 amide bonds. The zero-order valence-corrected chi connectivity index (χ0v) is 9.55. The fourth-order valence-corrected chi connectivity index (χ4v) is 1.49. The van der Waals surface area contributed by atoms with Crippen molar-refractivity contribution in [2.45, 2.75) is 0 Å². The van der Waals surface area contributed by atoms with Gasteiger partial charge in [-0.3, -0.25) is 0 Å². The van der Waals surface area contributed by atoms with E-state index in [4.69, 9.17) is 5.73 Å². The Kier molecular flexibility index (Phi) is 3.33. The summed E-state index contributed by atoms with van der Waals surface area (Å²) in [7, 11) is 0.